The van der Waals surface area contributed by atoms with E-state index in [1.807, 2.05) is 42.5 Å². The van der Waals surface area contributed by atoms with Crippen molar-refractivity contribution in [3.05, 3.63) is 94.0 Å². The van der Waals surface area contributed by atoms with Crippen molar-refractivity contribution in [2.75, 3.05) is 0 Å². The van der Waals surface area contributed by atoms with Gasteiger partial charge in [0.1, 0.15) is 0 Å². The summed E-state index contributed by atoms with van der Waals surface area (Å²) in [5.41, 5.74) is 3.11. The molecule has 2 heterocycles. The van der Waals surface area contributed by atoms with Crippen molar-refractivity contribution >= 4 is 39.8 Å². The van der Waals surface area contributed by atoms with Gasteiger partial charge in [0.25, 0.3) is 0 Å². The number of fused-ring (bicyclic) bond motifs is 2. The predicted octanol–water partition coefficient (Wildman–Crippen LogP) is 5.18. The summed E-state index contributed by atoms with van der Waals surface area (Å²) in [6.07, 6.45) is 1.65. The second-order valence-electron chi connectivity index (χ2n) is 6.57. The van der Waals surface area contributed by atoms with Crippen LogP contribution in [0.4, 0.5) is 0 Å². The van der Waals surface area contributed by atoms with Crippen LogP contribution in [0.15, 0.2) is 82.9 Å². The number of aromatic amines is 1. The molecule has 0 saturated carbocycles. The number of thioether (sulfide) groups is 1. The van der Waals surface area contributed by atoms with Crippen molar-refractivity contribution in [3.8, 4) is 11.1 Å². The molecule has 0 aliphatic carbocycles. The quantitative estimate of drug-likeness (QED) is 0.408. The molecule has 0 atom stereocenters. The molecule has 29 heavy (non-hydrogen) atoms. The largest absolute Gasteiger partial charge is 0.350 e. The Bertz CT molecular complexity index is 1390. The molecule has 0 bridgehead atoms. The summed E-state index contributed by atoms with van der Waals surface area (Å²) in [5, 5.41) is 7.80. The van der Waals surface area contributed by atoms with Gasteiger partial charge in [0.2, 0.25) is 0 Å². The second-order valence-corrected chi connectivity index (χ2v) is 7.98. The van der Waals surface area contributed by atoms with Crippen LogP contribution in [0.3, 0.4) is 0 Å². The maximum Gasteiger partial charge on any atom is 0.350 e. The maximum atomic E-state index is 12.5. The van der Waals surface area contributed by atoms with Crippen molar-refractivity contribution in [2.24, 2.45) is 0 Å². The van der Waals surface area contributed by atoms with Crippen molar-refractivity contribution in [1.29, 1.82) is 0 Å². The summed E-state index contributed by atoms with van der Waals surface area (Å²) in [4.78, 5) is 20.0. The van der Waals surface area contributed by atoms with Gasteiger partial charge in [0, 0.05) is 16.3 Å². The van der Waals surface area contributed by atoms with E-state index in [1.54, 1.807) is 6.20 Å². The minimum absolute atomic E-state index is 0.310. The van der Waals surface area contributed by atoms with Gasteiger partial charge in [-0.25, -0.2) is 9.78 Å². The zero-order valence-corrected chi connectivity index (χ0v) is 16.7. The minimum Gasteiger partial charge on any atom is -0.285 e. The fourth-order valence-electron chi connectivity index (χ4n) is 3.33. The van der Waals surface area contributed by atoms with E-state index in [2.05, 4.69) is 39.3 Å². The highest BCUT2D eigenvalue weighted by Gasteiger charge is 2.13. The average molecular weight is 419 g/mol. The molecule has 7 heteroatoms. The number of nitrogens with zero attached hydrogens (tertiary/aromatic N) is 3. The summed E-state index contributed by atoms with van der Waals surface area (Å²) < 4.78 is 1.28. The fourth-order valence-corrected chi connectivity index (χ4v) is 4.31. The van der Waals surface area contributed by atoms with Crippen molar-refractivity contribution in [3.63, 3.8) is 0 Å². The van der Waals surface area contributed by atoms with Gasteiger partial charge < -0.3 is 0 Å². The van der Waals surface area contributed by atoms with Crippen LogP contribution in [-0.4, -0.2) is 19.6 Å². The Morgan fingerprint density at radius 1 is 1.00 bits per heavy atom. The lowest BCUT2D eigenvalue weighted by Crippen LogP contribution is -2.19. The van der Waals surface area contributed by atoms with E-state index in [9.17, 15) is 4.79 Å². The molecule has 0 spiro atoms. The number of hydrogen-bond donors (Lipinski definition) is 1. The average Bonchev–Trinajstić information content (AvgIpc) is 3.17. The molecule has 0 aliphatic heterocycles. The number of nitrogens with one attached hydrogen (secondary N) is 1. The number of hydrogen-bond acceptors (Lipinski definition) is 4. The molecule has 5 nitrogen and oxygen atoms in total. The predicted molar refractivity (Wildman–Crippen MR) is 118 cm³/mol. The standard InChI is InChI=1S/C22H15ClN4OS/c23-17-10-8-15(9-11-17)19-12-24-27-20(19)25-21(26-22(27)28)29-13-16-6-3-5-14-4-1-2-7-18(14)16/h1-12H,13H2,(H,25,26,28). The Labute approximate surface area is 175 Å². The van der Waals surface area contributed by atoms with E-state index < -0.39 is 0 Å². The van der Waals surface area contributed by atoms with Crippen LogP contribution >= 0.6 is 23.4 Å². The van der Waals surface area contributed by atoms with Crippen LogP contribution in [0.5, 0.6) is 0 Å². The Morgan fingerprint density at radius 3 is 2.66 bits per heavy atom. The summed E-state index contributed by atoms with van der Waals surface area (Å²) >= 11 is 7.49. The third-order valence-electron chi connectivity index (χ3n) is 4.76. The van der Waals surface area contributed by atoms with Crippen molar-refractivity contribution < 1.29 is 0 Å². The lowest BCUT2D eigenvalue weighted by atomic mass is 10.1. The number of halogens is 1. The topological polar surface area (TPSA) is 63.0 Å². The van der Waals surface area contributed by atoms with E-state index in [-0.39, 0.29) is 5.69 Å². The van der Waals surface area contributed by atoms with E-state index in [1.165, 1.54) is 32.6 Å². The van der Waals surface area contributed by atoms with Crippen LogP contribution in [0.1, 0.15) is 5.56 Å². The minimum atomic E-state index is -0.310. The third kappa shape index (κ3) is 3.41. The molecular weight excluding hydrogens is 404 g/mol. The van der Waals surface area contributed by atoms with Gasteiger partial charge in [-0.1, -0.05) is 78.0 Å². The Kier molecular flexibility index (Phi) is 4.58. The number of H-pyrrole nitrogens is 1. The molecule has 0 fully saturated rings. The molecule has 0 radical (unpaired) electrons. The molecule has 5 rings (SSSR count). The number of aromatic nitrogens is 4. The summed E-state index contributed by atoms with van der Waals surface area (Å²) in [7, 11) is 0. The first-order chi connectivity index (χ1) is 14.2. The molecular formula is C22H15ClN4OS. The smallest absolute Gasteiger partial charge is 0.285 e. The first-order valence-corrected chi connectivity index (χ1v) is 10.4. The third-order valence-corrected chi connectivity index (χ3v) is 5.93. The highest BCUT2D eigenvalue weighted by atomic mass is 35.5. The summed E-state index contributed by atoms with van der Waals surface area (Å²) in [6.45, 7) is 0. The first kappa shape index (κ1) is 18.0. The number of rotatable bonds is 4. The SMILES string of the molecule is O=c1[nH]c(SCc2cccc3ccccc23)nc2c(-c3ccc(Cl)cc3)cnn12. The van der Waals surface area contributed by atoms with Gasteiger partial charge >= 0.3 is 5.69 Å². The van der Waals surface area contributed by atoms with Crippen molar-refractivity contribution in [1.82, 2.24) is 19.6 Å². The van der Waals surface area contributed by atoms with Crippen LogP contribution in [-0.2, 0) is 5.75 Å². The normalized spacial score (nSPS) is 11.3. The summed E-state index contributed by atoms with van der Waals surface area (Å²) in [6, 6.07) is 21.9. The Morgan fingerprint density at radius 2 is 1.79 bits per heavy atom. The summed E-state index contributed by atoms with van der Waals surface area (Å²) in [5.74, 6) is 0.699. The van der Waals surface area contributed by atoms with E-state index >= 15 is 0 Å². The highest BCUT2D eigenvalue weighted by molar-refractivity contribution is 7.98. The van der Waals surface area contributed by atoms with Crippen LogP contribution < -0.4 is 5.69 Å². The highest BCUT2D eigenvalue weighted by Crippen LogP contribution is 2.28. The van der Waals surface area contributed by atoms with E-state index in [0.29, 0.717) is 21.6 Å². The molecule has 3 aromatic carbocycles. The van der Waals surface area contributed by atoms with Gasteiger partial charge in [-0.3, -0.25) is 4.98 Å². The molecule has 0 unspecified atom stereocenters. The second kappa shape index (κ2) is 7.39. The Hall–Kier alpha value is -3.09. The van der Waals surface area contributed by atoms with Crippen LogP contribution in [0.2, 0.25) is 5.02 Å². The van der Waals surface area contributed by atoms with Crippen LogP contribution in [0, 0.1) is 0 Å². The lowest BCUT2D eigenvalue weighted by Gasteiger charge is -2.06. The van der Waals surface area contributed by atoms with Gasteiger partial charge in [0.15, 0.2) is 10.8 Å². The van der Waals surface area contributed by atoms with E-state index in [4.69, 9.17) is 11.6 Å². The zero-order valence-electron chi connectivity index (χ0n) is 15.2. The molecule has 0 amide bonds. The Balaban J connectivity index is 1.51. The van der Waals surface area contributed by atoms with Gasteiger partial charge in [-0.05, 0) is 34.0 Å². The molecule has 0 saturated heterocycles. The molecule has 142 valence electrons. The zero-order chi connectivity index (χ0) is 19.8. The van der Waals surface area contributed by atoms with Gasteiger partial charge in [-0.15, -0.1) is 0 Å². The van der Waals surface area contributed by atoms with Gasteiger partial charge in [-0.2, -0.15) is 9.61 Å². The monoisotopic (exact) mass is 418 g/mol. The van der Waals surface area contributed by atoms with Gasteiger partial charge in [0.05, 0.1) is 6.20 Å². The molecule has 2 aromatic heterocycles. The number of benzene rings is 3. The fraction of sp³-hybridized carbons (Fsp3) is 0.0455. The van der Waals surface area contributed by atoms with Crippen molar-refractivity contribution in [2.45, 2.75) is 10.9 Å². The molecule has 0 aliphatic rings. The first-order valence-electron chi connectivity index (χ1n) is 9.02. The van der Waals surface area contributed by atoms with Crippen LogP contribution in [0.25, 0.3) is 27.5 Å². The maximum absolute atomic E-state index is 12.5. The lowest BCUT2D eigenvalue weighted by molar-refractivity contribution is 0.787. The molecule has 5 aromatic rings. The van der Waals surface area contributed by atoms with E-state index in [0.717, 1.165) is 11.1 Å². The molecule has 1 N–H and O–H groups in total.